The van der Waals surface area contributed by atoms with Crippen LogP contribution in [0, 0.1) is 0 Å². The van der Waals surface area contributed by atoms with Crippen molar-refractivity contribution in [1.82, 2.24) is 5.32 Å². The van der Waals surface area contributed by atoms with Crippen molar-refractivity contribution in [3.8, 4) is 0 Å². The number of benzene rings is 1. The van der Waals surface area contributed by atoms with Crippen molar-refractivity contribution in [3.63, 3.8) is 0 Å². The molecule has 1 atom stereocenters. The lowest BCUT2D eigenvalue weighted by atomic mass is 10.1. The van der Waals surface area contributed by atoms with Gasteiger partial charge in [-0.05, 0) is 11.8 Å². The number of hydrogen-bond acceptors (Lipinski definition) is 3. The van der Waals surface area contributed by atoms with Crippen LogP contribution in [-0.2, 0) is 16.0 Å². The minimum atomic E-state index is -1.00. The van der Waals surface area contributed by atoms with Crippen molar-refractivity contribution >= 4 is 23.6 Å². The summed E-state index contributed by atoms with van der Waals surface area (Å²) in [5.41, 5.74) is 0.898. The van der Waals surface area contributed by atoms with Crippen molar-refractivity contribution in [2.24, 2.45) is 0 Å². The van der Waals surface area contributed by atoms with Crippen LogP contribution in [-0.4, -0.2) is 35.0 Å². The lowest BCUT2D eigenvalue weighted by Crippen LogP contribution is -2.42. The van der Waals surface area contributed by atoms with E-state index in [4.69, 9.17) is 5.11 Å². The highest BCUT2D eigenvalue weighted by atomic mass is 32.2. The number of rotatable bonds is 7. The maximum Gasteiger partial charge on any atom is 0.326 e. The smallest absolute Gasteiger partial charge is 0.326 e. The van der Waals surface area contributed by atoms with Gasteiger partial charge in [-0.15, -0.1) is 0 Å². The van der Waals surface area contributed by atoms with E-state index in [1.165, 1.54) is 0 Å². The maximum absolute atomic E-state index is 11.5. The van der Waals surface area contributed by atoms with E-state index in [0.29, 0.717) is 18.6 Å². The summed E-state index contributed by atoms with van der Waals surface area (Å²) in [6.45, 7) is 0. The van der Waals surface area contributed by atoms with Gasteiger partial charge in [0, 0.05) is 18.6 Å². The molecule has 0 heterocycles. The van der Waals surface area contributed by atoms with Crippen molar-refractivity contribution in [2.75, 3.05) is 12.0 Å². The second-order valence-electron chi connectivity index (χ2n) is 3.89. The van der Waals surface area contributed by atoms with E-state index in [0.717, 1.165) is 5.56 Å². The first kappa shape index (κ1) is 14.6. The zero-order valence-corrected chi connectivity index (χ0v) is 11.1. The third-order valence-electron chi connectivity index (χ3n) is 2.45. The lowest BCUT2D eigenvalue weighted by molar-refractivity contribution is -0.141. The van der Waals surface area contributed by atoms with Crippen LogP contribution in [0.3, 0.4) is 0 Å². The van der Waals surface area contributed by atoms with E-state index in [1.807, 2.05) is 36.6 Å². The van der Waals surface area contributed by atoms with Crippen LogP contribution in [0.1, 0.15) is 12.0 Å². The quantitative estimate of drug-likeness (QED) is 0.786. The Morgan fingerprint density at radius 1 is 1.33 bits per heavy atom. The Balaban J connectivity index is 2.55. The van der Waals surface area contributed by atoms with Crippen LogP contribution >= 0.6 is 11.8 Å². The van der Waals surface area contributed by atoms with E-state index >= 15 is 0 Å². The van der Waals surface area contributed by atoms with Crippen LogP contribution < -0.4 is 5.32 Å². The van der Waals surface area contributed by atoms with Gasteiger partial charge in [0.2, 0.25) is 5.91 Å². The van der Waals surface area contributed by atoms with E-state index in [-0.39, 0.29) is 5.91 Å². The van der Waals surface area contributed by atoms with Crippen LogP contribution in [0.15, 0.2) is 30.3 Å². The van der Waals surface area contributed by atoms with E-state index in [9.17, 15) is 9.59 Å². The molecule has 2 N–H and O–H groups in total. The zero-order chi connectivity index (χ0) is 13.4. The van der Waals surface area contributed by atoms with Crippen LogP contribution in [0.5, 0.6) is 0 Å². The summed E-state index contributed by atoms with van der Waals surface area (Å²) in [6.07, 6.45) is 2.56. The number of hydrogen-bond donors (Lipinski definition) is 2. The molecule has 0 aliphatic carbocycles. The van der Waals surface area contributed by atoms with Gasteiger partial charge in [-0.1, -0.05) is 30.3 Å². The number of carbonyl (C=O) groups excluding carboxylic acids is 1. The van der Waals surface area contributed by atoms with Gasteiger partial charge in [0.15, 0.2) is 0 Å². The van der Waals surface area contributed by atoms with Gasteiger partial charge in [-0.2, -0.15) is 11.8 Å². The third kappa shape index (κ3) is 5.23. The molecule has 0 bridgehead atoms. The minimum absolute atomic E-state index is 0.215. The molecule has 1 rings (SSSR count). The molecule has 0 aromatic heterocycles. The molecular formula is C13H17NO3S. The van der Waals surface area contributed by atoms with Gasteiger partial charge in [0.25, 0.3) is 0 Å². The highest BCUT2D eigenvalue weighted by Crippen LogP contribution is 2.04. The van der Waals surface area contributed by atoms with Crippen LogP contribution in [0.2, 0.25) is 0 Å². The Hall–Kier alpha value is -1.49. The topological polar surface area (TPSA) is 66.4 Å². The average molecular weight is 267 g/mol. The molecule has 0 aliphatic heterocycles. The number of nitrogens with one attached hydrogen (secondary N) is 1. The molecule has 0 saturated carbocycles. The predicted molar refractivity (Wildman–Crippen MR) is 72.7 cm³/mol. The summed E-state index contributed by atoms with van der Waals surface area (Å²) in [6, 6.07) is 8.42. The van der Waals surface area contributed by atoms with Crippen LogP contribution in [0.4, 0.5) is 0 Å². The van der Waals surface area contributed by atoms with E-state index in [2.05, 4.69) is 5.32 Å². The monoisotopic (exact) mass is 267 g/mol. The molecule has 4 nitrogen and oxygen atoms in total. The Labute approximate surface area is 111 Å². The second kappa shape index (κ2) is 7.76. The van der Waals surface area contributed by atoms with E-state index < -0.39 is 12.0 Å². The molecule has 0 saturated heterocycles. The summed E-state index contributed by atoms with van der Waals surface area (Å²) in [4.78, 5) is 22.6. The first-order valence-corrected chi connectivity index (χ1v) is 7.08. The number of carboxylic acids is 1. The summed E-state index contributed by atoms with van der Waals surface area (Å²) >= 11 is 1.56. The average Bonchev–Trinajstić information content (AvgIpc) is 2.36. The number of carbonyl (C=O) groups is 2. The standard InChI is InChI=1S/C13H17NO3S/c1-18-8-7-12(15)14-11(13(16)17)9-10-5-3-2-4-6-10/h2-6,11H,7-9H2,1H3,(H,14,15)(H,16,17). The van der Waals surface area contributed by atoms with Gasteiger partial charge < -0.3 is 10.4 Å². The molecule has 5 heteroatoms. The van der Waals surface area contributed by atoms with Gasteiger partial charge in [-0.25, -0.2) is 4.79 Å². The summed E-state index contributed by atoms with van der Waals surface area (Å²) in [5.74, 6) is -0.521. The Bertz CT molecular complexity index is 394. The highest BCUT2D eigenvalue weighted by molar-refractivity contribution is 7.98. The first-order valence-electron chi connectivity index (χ1n) is 5.68. The van der Waals surface area contributed by atoms with Gasteiger partial charge in [0.1, 0.15) is 6.04 Å². The zero-order valence-electron chi connectivity index (χ0n) is 10.3. The highest BCUT2D eigenvalue weighted by Gasteiger charge is 2.19. The minimum Gasteiger partial charge on any atom is -0.480 e. The molecule has 1 amide bonds. The number of amides is 1. The molecule has 1 aromatic carbocycles. The largest absolute Gasteiger partial charge is 0.480 e. The van der Waals surface area contributed by atoms with Gasteiger partial charge in [-0.3, -0.25) is 4.79 Å². The number of carboxylic acid groups (broad SMARTS) is 1. The normalized spacial score (nSPS) is 11.8. The van der Waals surface area contributed by atoms with Crippen LogP contribution in [0.25, 0.3) is 0 Å². The molecular weight excluding hydrogens is 250 g/mol. The molecule has 18 heavy (non-hydrogen) atoms. The Morgan fingerprint density at radius 3 is 2.56 bits per heavy atom. The summed E-state index contributed by atoms with van der Waals surface area (Å²) in [5, 5.41) is 11.6. The van der Waals surface area contributed by atoms with Gasteiger partial charge in [0.05, 0.1) is 0 Å². The SMILES string of the molecule is CSCCC(=O)NC(Cc1ccccc1)C(=O)O. The molecule has 0 radical (unpaired) electrons. The molecule has 0 fully saturated rings. The van der Waals surface area contributed by atoms with Crippen molar-refractivity contribution in [3.05, 3.63) is 35.9 Å². The predicted octanol–water partition coefficient (Wildman–Crippen LogP) is 1.55. The fourth-order valence-corrected chi connectivity index (χ4v) is 1.90. The van der Waals surface area contributed by atoms with Crippen molar-refractivity contribution in [1.29, 1.82) is 0 Å². The van der Waals surface area contributed by atoms with Crippen molar-refractivity contribution in [2.45, 2.75) is 18.9 Å². The molecule has 0 aliphatic rings. The first-order chi connectivity index (χ1) is 8.63. The fourth-order valence-electron chi connectivity index (χ4n) is 1.51. The number of thioether (sulfide) groups is 1. The second-order valence-corrected chi connectivity index (χ2v) is 4.88. The summed E-state index contributed by atoms with van der Waals surface area (Å²) < 4.78 is 0. The molecule has 1 unspecified atom stereocenters. The lowest BCUT2D eigenvalue weighted by Gasteiger charge is -2.14. The fraction of sp³-hybridized carbons (Fsp3) is 0.385. The van der Waals surface area contributed by atoms with Crippen molar-refractivity contribution < 1.29 is 14.7 Å². The Morgan fingerprint density at radius 2 is 2.00 bits per heavy atom. The van der Waals surface area contributed by atoms with Gasteiger partial charge >= 0.3 is 5.97 Å². The Kier molecular flexibility index (Phi) is 6.28. The molecule has 0 spiro atoms. The number of aliphatic carboxylic acids is 1. The summed E-state index contributed by atoms with van der Waals surface area (Å²) in [7, 11) is 0. The third-order valence-corrected chi connectivity index (χ3v) is 3.06. The maximum atomic E-state index is 11.5. The molecule has 1 aromatic rings. The molecule has 98 valence electrons. The van der Waals surface area contributed by atoms with E-state index in [1.54, 1.807) is 11.8 Å².